The molecule has 2 aliphatic heterocycles. The van der Waals surface area contributed by atoms with Gasteiger partial charge in [-0.05, 0) is 36.1 Å². The fourth-order valence-corrected chi connectivity index (χ4v) is 3.86. The summed E-state index contributed by atoms with van der Waals surface area (Å²) in [7, 11) is 0. The second kappa shape index (κ2) is 11.4. The molecule has 2 aliphatic rings. The van der Waals surface area contributed by atoms with Crippen molar-refractivity contribution in [2.45, 2.75) is 24.5 Å². The molecule has 2 aromatic carbocycles. The Balaban J connectivity index is 1.70. The molecule has 0 spiro atoms. The normalized spacial score (nSPS) is 25.5. The standard InChI is InChI=1S/C25H21ClN2O9/c26-19-8-6-18(7-9-19)25(33,17-4-2-1-3-5-17)15-14-20-16-27-34-21(29)10-12-23(31)36-28(20)37-24(32)13-11-22(30)35-27/h1-13,20,33H,14-16H2/b12-10-,13-11-. The second-order valence-electron chi connectivity index (χ2n) is 8.03. The van der Waals surface area contributed by atoms with Crippen LogP contribution in [0.15, 0.2) is 78.9 Å². The molecular weight excluding hydrogens is 508 g/mol. The topological polar surface area (TPSA) is 132 Å². The van der Waals surface area contributed by atoms with Crippen LogP contribution in [0.25, 0.3) is 0 Å². The van der Waals surface area contributed by atoms with Gasteiger partial charge >= 0.3 is 23.9 Å². The van der Waals surface area contributed by atoms with E-state index in [-0.39, 0.29) is 12.8 Å². The van der Waals surface area contributed by atoms with E-state index < -0.39 is 42.1 Å². The first-order chi connectivity index (χ1) is 17.7. The minimum Gasteiger partial charge on any atom is -0.380 e. The molecule has 0 saturated carbocycles. The summed E-state index contributed by atoms with van der Waals surface area (Å²) < 4.78 is 0. The van der Waals surface area contributed by atoms with E-state index in [0.717, 1.165) is 24.3 Å². The highest BCUT2D eigenvalue weighted by Crippen LogP contribution is 2.36. The molecule has 2 heterocycles. The lowest BCUT2D eigenvalue weighted by Crippen LogP contribution is -2.48. The third-order valence-electron chi connectivity index (χ3n) is 5.52. The van der Waals surface area contributed by atoms with Crippen molar-refractivity contribution < 1.29 is 43.6 Å². The van der Waals surface area contributed by atoms with E-state index in [4.69, 9.17) is 31.0 Å². The average Bonchev–Trinajstić information content (AvgIpc) is 2.88. The number of fused-ring (bicyclic) bond motifs is 3. The first kappa shape index (κ1) is 26.0. The van der Waals surface area contributed by atoms with Gasteiger partial charge in [-0.15, -0.1) is 0 Å². The summed E-state index contributed by atoms with van der Waals surface area (Å²) in [5.41, 5.74) is -0.486. The van der Waals surface area contributed by atoms with Gasteiger partial charge in [0.2, 0.25) is 0 Å². The fraction of sp³-hybridized carbons (Fsp3) is 0.200. The van der Waals surface area contributed by atoms with Gasteiger partial charge in [0.15, 0.2) is 0 Å². The van der Waals surface area contributed by atoms with Crippen LogP contribution in [0, 0.1) is 0 Å². The summed E-state index contributed by atoms with van der Waals surface area (Å²) in [6.07, 6.45) is 2.98. The third-order valence-corrected chi connectivity index (χ3v) is 5.78. The molecule has 12 heteroatoms. The van der Waals surface area contributed by atoms with E-state index in [2.05, 4.69) is 0 Å². The number of benzene rings is 2. The Morgan fingerprint density at radius 3 is 1.78 bits per heavy atom. The summed E-state index contributed by atoms with van der Waals surface area (Å²) in [6.45, 7) is -0.412. The van der Waals surface area contributed by atoms with Gasteiger partial charge < -0.3 is 24.5 Å². The number of nitrogens with zero attached hydrogens (tertiary/aromatic N) is 2. The number of halogens is 1. The van der Waals surface area contributed by atoms with Crippen LogP contribution < -0.4 is 0 Å². The van der Waals surface area contributed by atoms with Gasteiger partial charge in [-0.1, -0.05) is 54.1 Å². The summed E-state index contributed by atoms with van der Waals surface area (Å²) in [4.78, 5) is 68.9. The van der Waals surface area contributed by atoms with E-state index in [1.807, 2.05) is 0 Å². The average molecular weight is 529 g/mol. The molecule has 2 bridgehead atoms. The molecule has 192 valence electrons. The lowest BCUT2D eigenvalue weighted by molar-refractivity contribution is -0.372. The van der Waals surface area contributed by atoms with Crippen LogP contribution in [-0.2, 0) is 44.1 Å². The Hall–Kier alpha value is -4.03. The number of carbonyl (C=O) groups is 4. The van der Waals surface area contributed by atoms with Gasteiger partial charge in [-0.25, -0.2) is 19.2 Å². The molecule has 11 nitrogen and oxygen atoms in total. The Bertz CT molecular complexity index is 1190. The molecule has 0 amide bonds. The highest BCUT2D eigenvalue weighted by molar-refractivity contribution is 6.30. The quantitative estimate of drug-likeness (QED) is 0.613. The van der Waals surface area contributed by atoms with Crippen LogP contribution in [0.1, 0.15) is 24.0 Å². The van der Waals surface area contributed by atoms with Crippen LogP contribution >= 0.6 is 11.6 Å². The van der Waals surface area contributed by atoms with Crippen LogP contribution in [0.3, 0.4) is 0 Å². The van der Waals surface area contributed by atoms with E-state index in [9.17, 15) is 24.3 Å². The van der Waals surface area contributed by atoms with Crippen LogP contribution in [0.4, 0.5) is 0 Å². The van der Waals surface area contributed by atoms with Crippen molar-refractivity contribution in [3.8, 4) is 0 Å². The molecule has 0 aromatic heterocycles. The SMILES string of the molecule is O=C1/C=C\C(=O)ON2OC(=O)/C=C\C(=O)ON(CC2CCC(O)(c2ccccc2)c2ccc(Cl)cc2)O1. The van der Waals surface area contributed by atoms with Crippen molar-refractivity contribution in [2.75, 3.05) is 6.54 Å². The summed E-state index contributed by atoms with van der Waals surface area (Å²) in [5, 5.41) is 13.6. The molecule has 37 heavy (non-hydrogen) atoms. The molecule has 0 radical (unpaired) electrons. The number of hydrogen-bond donors (Lipinski definition) is 1. The zero-order valence-corrected chi connectivity index (χ0v) is 19.9. The monoisotopic (exact) mass is 528 g/mol. The Morgan fingerprint density at radius 1 is 0.757 bits per heavy atom. The minimum atomic E-state index is -1.56. The van der Waals surface area contributed by atoms with E-state index >= 15 is 0 Å². The van der Waals surface area contributed by atoms with Crippen molar-refractivity contribution in [3.63, 3.8) is 0 Å². The van der Waals surface area contributed by atoms with Crippen molar-refractivity contribution in [2.24, 2.45) is 0 Å². The maximum absolute atomic E-state index is 12.2. The Labute approximate surface area is 215 Å². The van der Waals surface area contributed by atoms with Gasteiger partial charge in [-0.3, -0.25) is 0 Å². The van der Waals surface area contributed by atoms with Gasteiger partial charge in [-0.2, -0.15) is 0 Å². The van der Waals surface area contributed by atoms with Gasteiger partial charge in [0.1, 0.15) is 11.6 Å². The molecule has 4 rings (SSSR count). The minimum absolute atomic E-state index is 0.00365. The Morgan fingerprint density at radius 2 is 1.24 bits per heavy atom. The smallest absolute Gasteiger partial charge is 0.353 e. The fourth-order valence-electron chi connectivity index (χ4n) is 3.74. The molecular formula is C25H21ClN2O9. The van der Waals surface area contributed by atoms with E-state index in [1.54, 1.807) is 54.6 Å². The predicted molar refractivity (Wildman–Crippen MR) is 125 cm³/mol. The van der Waals surface area contributed by atoms with Crippen molar-refractivity contribution in [1.29, 1.82) is 0 Å². The molecule has 0 aliphatic carbocycles. The molecule has 2 unspecified atom stereocenters. The predicted octanol–water partition coefficient (Wildman–Crippen LogP) is 2.30. The molecule has 0 saturated heterocycles. The zero-order chi connectivity index (χ0) is 26.4. The van der Waals surface area contributed by atoms with Gasteiger partial charge in [0.05, 0.1) is 6.54 Å². The first-order valence-corrected chi connectivity index (χ1v) is 11.5. The van der Waals surface area contributed by atoms with Crippen molar-refractivity contribution in [1.82, 2.24) is 10.5 Å². The van der Waals surface area contributed by atoms with Crippen molar-refractivity contribution in [3.05, 3.63) is 95.1 Å². The van der Waals surface area contributed by atoms with Crippen LogP contribution in [0.2, 0.25) is 5.02 Å². The number of hydroxylamine groups is 4. The van der Waals surface area contributed by atoms with Crippen molar-refractivity contribution >= 4 is 35.5 Å². The summed E-state index contributed by atoms with van der Waals surface area (Å²) in [6, 6.07) is 14.3. The lowest BCUT2D eigenvalue weighted by atomic mass is 9.81. The third kappa shape index (κ3) is 6.60. The lowest BCUT2D eigenvalue weighted by Gasteiger charge is -2.34. The zero-order valence-electron chi connectivity index (χ0n) is 19.2. The highest BCUT2D eigenvalue weighted by Gasteiger charge is 2.38. The number of hydrogen-bond acceptors (Lipinski definition) is 11. The number of rotatable bonds is 5. The van der Waals surface area contributed by atoms with Gasteiger partial charge in [0.25, 0.3) is 0 Å². The Kier molecular flexibility index (Phi) is 7.99. The molecule has 2 aromatic rings. The van der Waals surface area contributed by atoms with Gasteiger partial charge in [0, 0.05) is 39.8 Å². The second-order valence-corrected chi connectivity index (χ2v) is 8.47. The number of aliphatic hydroxyl groups is 1. The molecule has 2 atom stereocenters. The maximum Gasteiger partial charge on any atom is 0.353 e. The molecule has 1 N–H and O–H groups in total. The van der Waals surface area contributed by atoms with Crippen LogP contribution in [-0.4, -0.2) is 52.0 Å². The number of carbonyl (C=O) groups excluding carboxylic acids is 4. The highest BCUT2D eigenvalue weighted by atomic mass is 35.5. The van der Waals surface area contributed by atoms with E-state index in [1.165, 1.54) is 0 Å². The maximum atomic E-state index is 12.2. The van der Waals surface area contributed by atoms with E-state index in [0.29, 0.717) is 26.6 Å². The largest absolute Gasteiger partial charge is 0.380 e. The molecule has 0 fully saturated rings. The summed E-state index contributed by atoms with van der Waals surface area (Å²) in [5.74, 6) is -4.09. The summed E-state index contributed by atoms with van der Waals surface area (Å²) >= 11 is 6.04. The first-order valence-electron chi connectivity index (χ1n) is 11.1. The van der Waals surface area contributed by atoms with Crippen LogP contribution in [0.5, 0.6) is 0 Å².